The minimum absolute atomic E-state index is 0.655. The maximum atomic E-state index is 4.30. The molecule has 0 aliphatic carbocycles. The summed E-state index contributed by atoms with van der Waals surface area (Å²) < 4.78 is 0.851. The van der Waals surface area contributed by atoms with E-state index in [1.807, 2.05) is 19.1 Å². The third-order valence-corrected chi connectivity index (χ3v) is 2.79. The maximum absolute atomic E-state index is 4.30. The van der Waals surface area contributed by atoms with Gasteiger partial charge in [0.1, 0.15) is 12.1 Å². The zero-order valence-electron chi connectivity index (χ0n) is 8.81. The Hall–Kier alpha value is -1.49. The molecule has 0 aromatic carbocycles. The van der Waals surface area contributed by atoms with E-state index in [0.29, 0.717) is 6.54 Å². The maximum Gasteiger partial charge on any atom is 0.144 e. The fraction of sp³-hybridized carbons (Fsp3) is 0.182. The molecule has 0 amide bonds. The first-order valence-corrected chi connectivity index (χ1v) is 5.66. The quantitative estimate of drug-likeness (QED) is 0.938. The molecular formula is C11H11BrN4. The number of pyridine rings is 1. The number of halogens is 1. The minimum atomic E-state index is 0.655. The van der Waals surface area contributed by atoms with Crippen LogP contribution in [-0.2, 0) is 6.54 Å². The van der Waals surface area contributed by atoms with Crippen LogP contribution in [0.3, 0.4) is 0 Å². The average Bonchev–Trinajstić information content (AvgIpc) is 2.30. The van der Waals surface area contributed by atoms with Crippen LogP contribution >= 0.6 is 15.9 Å². The lowest BCUT2D eigenvalue weighted by atomic mass is 10.2. The Morgan fingerprint density at radius 3 is 3.00 bits per heavy atom. The average molecular weight is 279 g/mol. The molecule has 0 spiro atoms. The monoisotopic (exact) mass is 278 g/mol. The molecule has 0 bridgehead atoms. The van der Waals surface area contributed by atoms with E-state index in [1.165, 1.54) is 11.9 Å². The summed E-state index contributed by atoms with van der Waals surface area (Å²) in [5, 5.41) is 3.21. The minimum Gasteiger partial charge on any atom is -0.363 e. The molecule has 0 unspecified atom stereocenters. The van der Waals surface area contributed by atoms with Crippen molar-refractivity contribution in [2.45, 2.75) is 13.5 Å². The second kappa shape index (κ2) is 5.03. The normalized spacial score (nSPS) is 10.1. The van der Waals surface area contributed by atoms with Crippen LogP contribution in [0.1, 0.15) is 11.3 Å². The Labute approximate surface area is 102 Å². The number of anilines is 1. The van der Waals surface area contributed by atoms with Crippen LogP contribution in [0.25, 0.3) is 0 Å². The topological polar surface area (TPSA) is 50.7 Å². The van der Waals surface area contributed by atoms with Crippen molar-refractivity contribution < 1.29 is 0 Å². The lowest BCUT2D eigenvalue weighted by Crippen LogP contribution is -2.05. The molecule has 0 aliphatic rings. The van der Waals surface area contributed by atoms with Gasteiger partial charge in [-0.1, -0.05) is 6.07 Å². The summed E-state index contributed by atoms with van der Waals surface area (Å²) in [5.41, 5.74) is 2.19. The van der Waals surface area contributed by atoms with Gasteiger partial charge in [-0.2, -0.15) is 0 Å². The Kier molecular flexibility index (Phi) is 3.46. The Morgan fingerprint density at radius 1 is 1.38 bits per heavy atom. The van der Waals surface area contributed by atoms with Crippen molar-refractivity contribution in [3.63, 3.8) is 0 Å². The van der Waals surface area contributed by atoms with Gasteiger partial charge in [0.05, 0.1) is 16.7 Å². The number of nitrogens with zero attached hydrogens (tertiary/aromatic N) is 3. The Balaban J connectivity index is 2.09. The molecule has 1 N–H and O–H groups in total. The third-order valence-electron chi connectivity index (χ3n) is 2.21. The molecule has 2 aromatic rings. The molecule has 0 saturated heterocycles. The summed E-state index contributed by atoms with van der Waals surface area (Å²) in [7, 11) is 0. The van der Waals surface area contributed by atoms with Gasteiger partial charge in [-0.15, -0.1) is 0 Å². The third kappa shape index (κ3) is 2.55. The first kappa shape index (κ1) is 11.0. The van der Waals surface area contributed by atoms with E-state index in [4.69, 9.17) is 0 Å². The predicted octanol–water partition coefficient (Wildman–Crippen LogP) is 2.55. The number of aromatic nitrogens is 3. The van der Waals surface area contributed by atoms with Crippen molar-refractivity contribution in [3.05, 3.63) is 46.6 Å². The van der Waals surface area contributed by atoms with Gasteiger partial charge in [0.25, 0.3) is 0 Å². The van der Waals surface area contributed by atoms with Gasteiger partial charge in [-0.25, -0.2) is 9.97 Å². The number of hydrogen-bond acceptors (Lipinski definition) is 4. The second-order valence-electron chi connectivity index (χ2n) is 3.34. The van der Waals surface area contributed by atoms with Gasteiger partial charge in [-0.3, -0.25) is 4.98 Å². The molecule has 4 nitrogen and oxygen atoms in total. The molecule has 82 valence electrons. The van der Waals surface area contributed by atoms with Gasteiger partial charge in [0, 0.05) is 12.4 Å². The molecule has 0 saturated carbocycles. The zero-order chi connectivity index (χ0) is 11.4. The van der Waals surface area contributed by atoms with Gasteiger partial charge in [0.2, 0.25) is 0 Å². The lowest BCUT2D eigenvalue weighted by molar-refractivity contribution is 0.995. The highest BCUT2D eigenvalue weighted by molar-refractivity contribution is 9.10. The molecule has 0 atom stereocenters. The van der Waals surface area contributed by atoms with Crippen molar-refractivity contribution in [1.82, 2.24) is 15.0 Å². The largest absolute Gasteiger partial charge is 0.363 e. The van der Waals surface area contributed by atoms with Gasteiger partial charge < -0.3 is 5.32 Å². The molecule has 16 heavy (non-hydrogen) atoms. The highest BCUT2D eigenvalue weighted by Gasteiger charge is 2.02. The fourth-order valence-electron chi connectivity index (χ4n) is 1.31. The van der Waals surface area contributed by atoms with Crippen LogP contribution < -0.4 is 5.32 Å². The van der Waals surface area contributed by atoms with E-state index < -0.39 is 0 Å². The van der Waals surface area contributed by atoms with E-state index in [2.05, 4.69) is 36.2 Å². The van der Waals surface area contributed by atoms with Crippen molar-refractivity contribution >= 4 is 21.7 Å². The zero-order valence-corrected chi connectivity index (χ0v) is 10.4. The molecule has 2 aromatic heterocycles. The van der Waals surface area contributed by atoms with E-state index in [0.717, 1.165) is 16.0 Å². The molecule has 0 fully saturated rings. The first-order chi connectivity index (χ1) is 7.77. The summed E-state index contributed by atoms with van der Waals surface area (Å²) in [5.74, 6) is 0.778. The molecule has 0 aliphatic heterocycles. The second-order valence-corrected chi connectivity index (χ2v) is 4.19. The van der Waals surface area contributed by atoms with Crippen LogP contribution in [-0.4, -0.2) is 15.0 Å². The molecule has 2 heterocycles. The lowest BCUT2D eigenvalue weighted by Gasteiger charge is -2.07. The van der Waals surface area contributed by atoms with Gasteiger partial charge >= 0.3 is 0 Å². The summed E-state index contributed by atoms with van der Waals surface area (Å²) >= 11 is 3.38. The van der Waals surface area contributed by atoms with E-state index in [-0.39, 0.29) is 0 Å². The van der Waals surface area contributed by atoms with Gasteiger partial charge in [0.15, 0.2) is 0 Å². The smallest absolute Gasteiger partial charge is 0.144 e. The summed E-state index contributed by atoms with van der Waals surface area (Å²) in [4.78, 5) is 12.3. The SMILES string of the molecule is Cc1cccnc1CNc1ncncc1Br. The highest BCUT2D eigenvalue weighted by Crippen LogP contribution is 2.17. The molecule has 2 rings (SSSR count). The van der Waals surface area contributed by atoms with Crippen LogP contribution in [0, 0.1) is 6.92 Å². The molecular weight excluding hydrogens is 268 g/mol. The van der Waals surface area contributed by atoms with Crippen LogP contribution in [0.2, 0.25) is 0 Å². The van der Waals surface area contributed by atoms with Gasteiger partial charge in [-0.05, 0) is 34.5 Å². The first-order valence-electron chi connectivity index (χ1n) is 4.87. The Bertz CT molecular complexity index is 441. The van der Waals surface area contributed by atoms with Crippen LogP contribution in [0.4, 0.5) is 5.82 Å². The van der Waals surface area contributed by atoms with Crippen molar-refractivity contribution in [1.29, 1.82) is 0 Å². The van der Waals surface area contributed by atoms with Crippen LogP contribution in [0.5, 0.6) is 0 Å². The molecule has 5 heteroatoms. The Morgan fingerprint density at radius 2 is 2.25 bits per heavy atom. The summed E-state index contributed by atoms with van der Waals surface area (Å²) in [6.07, 6.45) is 5.01. The number of nitrogens with one attached hydrogen (secondary N) is 1. The van der Waals surface area contributed by atoms with E-state index >= 15 is 0 Å². The van der Waals surface area contributed by atoms with Crippen molar-refractivity contribution in [2.75, 3.05) is 5.32 Å². The van der Waals surface area contributed by atoms with Crippen LogP contribution in [0.15, 0.2) is 35.3 Å². The standard InChI is InChI=1S/C11H11BrN4/c1-8-3-2-4-14-10(8)6-15-11-9(12)5-13-7-16-11/h2-5,7H,6H2,1H3,(H,13,15,16). The number of aryl methyl sites for hydroxylation is 1. The fourth-order valence-corrected chi connectivity index (χ4v) is 1.67. The van der Waals surface area contributed by atoms with Crippen molar-refractivity contribution in [3.8, 4) is 0 Å². The molecule has 0 radical (unpaired) electrons. The highest BCUT2D eigenvalue weighted by atomic mass is 79.9. The van der Waals surface area contributed by atoms with Crippen molar-refractivity contribution in [2.24, 2.45) is 0 Å². The van der Waals surface area contributed by atoms with E-state index in [9.17, 15) is 0 Å². The predicted molar refractivity (Wildman–Crippen MR) is 66.0 cm³/mol. The summed E-state index contributed by atoms with van der Waals surface area (Å²) in [6, 6.07) is 3.97. The number of rotatable bonds is 3. The van der Waals surface area contributed by atoms with E-state index in [1.54, 1.807) is 12.4 Å². The summed E-state index contributed by atoms with van der Waals surface area (Å²) in [6.45, 7) is 2.70. The number of hydrogen-bond donors (Lipinski definition) is 1.